The molecule has 2 heteroatoms. The predicted molar refractivity (Wildman–Crippen MR) is 54.9 cm³/mol. The van der Waals surface area contributed by atoms with Gasteiger partial charge >= 0.3 is 0 Å². The highest BCUT2D eigenvalue weighted by Crippen LogP contribution is 2.39. The second kappa shape index (κ2) is 2.43. The summed E-state index contributed by atoms with van der Waals surface area (Å²) in [5.74, 6) is 0. The minimum atomic E-state index is 0.282. The molecule has 2 rings (SSSR count). The summed E-state index contributed by atoms with van der Waals surface area (Å²) in [6.45, 7) is 6.74. The van der Waals surface area contributed by atoms with Gasteiger partial charge in [0.05, 0.1) is 0 Å². The fourth-order valence-corrected chi connectivity index (χ4v) is 2.39. The third kappa shape index (κ3) is 1.20. The molecule has 0 fully saturated rings. The maximum Gasteiger partial charge on any atom is 0.119 e. The third-order valence-corrected chi connectivity index (χ3v) is 3.56. The van der Waals surface area contributed by atoms with E-state index in [9.17, 15) is 0 Å². The number of fused-ring (bicyclic) bond motifs is 1. The molecular weight excluding hydrogens is 166 g/mol. The van der Waals surface area contributed by atoms with Crippen molar-refractivity contribution in [1.29, 1.82) is 0 Å². The van der Waals surface area contributed by atoms with E-state index in [1.54, 1.807) is 0 Å². The van der Waals surface area contributed by atoms with Crippen molar-refractivity contribution in [2.75, 3.05) is 0 Å². The topological polar surface area (TPSA) is 12.4 Å². The second-order valence-electron chi connectivity index (χ2n) is 4.21. The van der Waals surface area contributed by atoms with Crippen molar-refractivity contribution in [2.24, 2.45) is 4.99 Å². The van der Waals surface area contributed by atoms with Gasteiger partial charge in [0.1, 0.15) is 5.00 Å². The van der Waals surface area contributed by atoms with E-state index in [0.29, 0.717) is 0 Å². The maximum atomic E-state index is 4.33. The first kappa shape index (κ1) is 7.99. The fourth-order valence-electron chi connectivity index (χ4n) is 1.27. The molecule has 0 amide bonds. The van der Waals surface area contributed by atoms with Gasteiger partial charge in [-0.15, -0.1) is 11.3 Å². The van der Waals surface area contributed by atoms with Gasteiger partial charge in [0, 0.05) is 17.5 Å². The lowest BCUT2D eigenvalue weighted by atomic mass is 9.94. The summed E-state index contributed by atoms with van der Waals surface area (Å²) in [6, 6.07) is 2.30. The Morgan fingerprint density at radius 2 is 2.17 bits per heavy atom. The molecule has 0 unspecified atom stereocenters. The quantitative estimate of drug-likeness (QED) is 0.579. The summed E-state index contributed by atoms with van der Waals surface area (Å²) in [5.41, 5.74) is 1.69. The molecule has 1 aliphatic heterocycles. The van der Waals surface area contributed by atoms with Crippen LogP contribution in [0.2, 0.25) is 0 Å². The molecule has 64 valence electrons. The Labute approximate surface area is 77.2 Å². The molecule has 0 bridgehead atoms. The molecule has 0 N–H and O–H groups in total. The molecule has 1 aromatic heterocycles. The van der Waals surface area contributed by atoms with Crippen LogP contribution in [0.3, 0.4) is 0 Å². The normalized spacial score (nSPS) is 15.2. The molecule has 1 nitrogen and oxygen atoms in total. The lowest BCUT2D eigenvalue weighted by molar-refractivity contribution is 0.603. The van der Waals surface area contributed by atoms with Gasteiger partial charge in [0.2, 0.25) is 0 Å². The molecule has 1 aliphatic rings. The zero-order chi connectivity index (χ0) is 8.77. The van der Waals surface area contributed by atoms with Crippen molar-refractivity contribution in [2.45, 2.75) is 32.6 Å². The van der Waals surface area contributed by atoms with E-state index < -0.39 is 0 Å². The van der Waals surface area contributed by atoms with E-state index in [1.807, 2.05) is 17.6 Å². The largest absolute Gasteiger partial charge is 0.250 e. The lowest BCUT2D eigenvalue weighted by Crippen LogP contribution is -2.08. The molecule has 2 heterocycles. The third-order valence-electron chi connectivity index (χ3n) is 2.05. The average Bonchev–Trinajstić information content (AvgIpc) is 2.37. The van der Waals surface area contributed by atoms with Gasteiger partial charge in [-0.3, -0.25) is 0 Å². The fraction of sp³-hybridized carbons (Fsp3) is 0.500. The Balaban J connectivity index is 2.43. The number of hydrogen-bond donors (Lipinski definition) is 0. The number of thiophene rings is 1. The Morgan fingerprint density at radius 1 is 1.42 bits per heavy atom. The molecule has 0 aliphatic carbocycles. The van der Waals surface area contributed by atoms with Crippen molar-refractivity contribution >= 4 is 22.6 Å². The monoisotopic (exact) mass is 179 g/mol. The van der Waals surface area contributed by atoms with E-state index >= 15 is 0 Å². The van der Waals surface area contributed by atoms with Gasteiger partial charge in [0.25, 0.3) is 0 Å². The van der Waals surface area contributed by atoms with Gasteiger partial charge in [0.15, 0.2) is 0 Å². The summed E-state index contributed by atoms with van der Waals surface area (Å²) in [6.07, 6.45) is 3.02. The average molecular weight is 179 g/mol. The van der Waals surface area contributed by atoms with Crippen LogP contribution in [-0.4, -0.2) is 6.21 Å². The Hall–Kier alpha value is -0.630. The smallest absolute Gasteiger partial charge is 0.119 e. The van der Waals surface area contributed by atoms with Crippen LogP contribution in [0, 0.1) is 0 Å². The van der Waals surface area contributed by atoms with Gasteiger partial charge in [-0.1, -0.05) is 20.8 Å². The summed E-state index contributed by atoms with van der Waals surface area (Å²) >= 11 is 1.83. The SMILES string of the molecule is CC(C)(C)c1cc2c(s1)N=CC2. The Kier molecular flexibility index (Phi) is 1.62. The minimum Gasteiger partial charge on any atom is -0.250 e. The van der Waals surface area contributed by atoms with E-state index in [0.717, 1.165) is 6.42 Å². The first-order valence-electron chi connectivity index (χ1n) is 4.23. The van der Waals surface area contributed by atoms with Crippen molar-refractivity contribution < 1.29 is 0 Å². The van der Waals surface area contributed by atoms with E-state index in [-0.39, 0.29) is 5.41 Å². The van der Waals surface area contributed by atoms with Crippen LogP contribution in [0.1, 0.15) is 31.2 Å². The number of rotatable bonds is 0. The molecule has 0 saturated heterocycles. The summed E-state index contributed by atoms with van der Waals surface area (Å²) in [7, 11) is 0. The predicted octanol–water partition coefficient (Wildman–Crippen LogP) is 3.30. The van der Waals surface area contributed by atoms with Crippen LogP contribution >= 0.6 is 11.3 Å². The van der Waals surface area contributed by atoms with Crippen LogP contribution in [0.25, 0.3) is 0 Å². The maximum absolute atomic E-state index is 4.33. The van der Waals surface area contributed by atoms with Gasteiger partial charge in [-0.2, -0.15) is 0 Å². The molecule has 1 aromatic rings. The number of aliphatic imine (C=N–C) groups is 1. The van der Waals surface area contributed by atoms with Crippen LogP contribution < -0.4 is 0 Å². The van der Waals surface area contributed by atoms with Crippen molar-refractivity contribution in [3.8, 4) is 0 Å². The molecule has 12 heavy (non-hydrogen) atoms. The minimum absolute atomic E-state index is 0.282. The van der Waals surface area contributed by atoms with Gasteiger partial charge in [-0.05, 0) is 17.0 Å². The highest BCUT2D eigenvalue weighted by Gasteiger charge is 2.20. The molecule has 0 spiro atoms. The molecule has 0 atom stereocenters. The first-order valence-corrected chi connectivity index (χ1v) is 5.05. The zero-order valence-corrected chi connectivity index (χ0v) is 8.53. The van der Waals surface area contributed by atoms with Crippen LogP contribution in [-0.2, 0) is 11.8 Å². The molecule has 0 aromatic carbocycles. The van der Waals surface area contributed by atoms with Crippen molar-refractivity contribution in [3.63, 3.8) is 0 Å². The Morgan fingerprint density at radius 3 is 2.75 bits per heavy atom. The van der Waals surface area contributed by atoms with Crippen LogP contribution in [0.5, 0.6) is 0 Å². The van der Waals surface area contributed by atoms with Crippen molar-refractivity contribution in [3.05, 3.63) is 16.5 Å². The zero-order valence-electron chi connectivity index (χ0n) is 7.72. The van der Waals surface area contributed by atoms with E-state index in [4.69, 9.17) is 0 Å². The van der Waals surface area contributed by atoms with Crippen molar-refractivity contribution in [1.82, 2.24) is 0 Å². The standard InChI is InChI=1S/C10H13NS/c1-10(2,3)8-6-7-4-5-11-9(7)12-8/h5-6H,4H2,1-3H3. The first-order chi connectivity index (χ1) is 5.57. The number of nitrogens with zero attached hydrogens (tertiary/aromatic N) is 1. The van der Waals surface area contributed by atoms with Crippen LogP contribution in [0.15, 0.2) is 11.1 Å². The van der Waals surface area contributed by atoms with Gasteiger partial charge in [-0.25, -0.2) is 4.99 Å². The second-order valence-corrected chi connectivity index (χ2v) is 5.24. The summed E-state index contributed by atoms with van der Waals surface area (Å²) in [4.78, 5) is 5.78. The molecule has 0 saturated carbocycles. The lowest BCUT2D eigenvalue weighted by Gasteiger charge is -2.15. The highest BCUT2D eigenvalue weighted by molar-refractivity contribution is 7.16. The van der Waals surface area contributed by atoms with Gasteiger partial charge < -0.3 is 0 Å². The highest BCUT2D eigenvalue weighted by atomic mass is 32.1. The Bertz CT molecular complexity index is 328. The summed E-state index contributed by atoms with van der Waals surface area (Å²) < 4.78 is 0. The number of hydrogen-bond acceptors (Lipinski definition) is 2. The van der Waals surface area contributed by atoms with E-state index in [2.05, 4.69) is 31.8 Å². The summed E-state index contributed by atoms with van der Waals surface area (Å²) in [5, 5.41) is 1.22. The van der Waals surface area contributed by atoms with Crippen LogP contribution in [0.4, 0.5) is 5.00 Å². The molecular formula is C10H13NS. The van der Waals surface area contributed by atoms with E-state index in [1.165, 1.54) is 15.4 Å². The molecule has 0 radical (unpaired) electrons.